The molecular formula is C35H30F9N5O5S2. The third-order valence-electron chi connectivity index (χ3n) is 9.98. The van der Waals surface area contributed by atoms with Crippen LogP contribution in [-0.4, -0.2) is 78.9 Å². The molecule has 2 fully saturated rings. The number of halogens is 9. The number of ether oxygens (including phenoxy) is 1. The van der Waals surface area contributed by atoms with E-state index in [0.29, 0.717) is 29.4 Å². The van der Waals surface area contributed by atoms with Gasteiger partial charge in [0.25, 0.3) is 5.60 Å². The Balaban J connectivity index is 1.32. The van der Waals surface area contributed by atoms with Crippen molar-refractivity contribution in [3.63, 3.8) is 0 Å². The molecule has 300 valence electrons. The smallest absolute Gasteiger partial charge is 0.349 e. The molecule has 2 saturated heterocycles. The van der Waals surface area contributed by atoms with Gasteiger partial charge in [-0.15, -0.1) is 10.2 Å². The Morgan fingerprint density at radius 1 is 0.857 bits per heavy atom. The molecule has 2 aliphatic rings. The lowest BCUT2D eigenvalue weighted by Gasteiger charge is -2.38. The van der Waals surface area contributed by atoms with Gasteiger partial charge in [-0.3, -0.25) is 4.79 Å². The van der Waals surface area contributed by atoms with E-state index in [-0.39, 0.29) is 50.4 Å². The number of rotatable bonds is 9. The number of nitrogens with zero attached hydrogens (tertiary/aromatic N) is 4. The third-order valence-corrected chi connectivity index (χ3v) is 13.1. The second-order valence-corrected chi connectivity index (χ2v) is 16.2. The van der Waals surface area contributed by atoms with Gasteiger partial charge in [-0.05, 0) is 61.2 Å². The number of alkyl halides is 6. The quantitative estimate of drug-likeness (QED) is 0.138. The maximum atomic E-state index is 14.6. The van der Waals surface area contributed by atoms with Crippen LogP contribution in [0, 0.1) is 23.4 Å². The van der Waals surface area contributed by atoms with Crippen LogP contribution in [0.2, 0.25) is 0 Å². The van der Waals surface area contributed by atoms with Gasteiger partial charge in [-0.25, -0.2) is 26.4 Å². The lowest BCUT2D eigenvalue weighted by Crippen LogP contribution is -2.56. The number of carbonyl (C=O) groups excluding carboxylic acids is 2. The van der Waals surface area contributed by atoms with Gasteiger partial charge in [0.2, 0.25) is 11.0 Å². The molecule has 1 atom stereocenters. The van der Waals surface area contributed by atoms with E-state index in [2.05, 4.69) is 20.3 Å². The first-order valence-corrected chi connectivity index (χ1v) is 19.1. The van der Waals surface area contributed by atoms with Crippen LogP contribution in [0.3, 0.4) is 0 Å². The van der Waals surface area contributed by atoms with Crippen LogP contribution in [0.4, 0.5) is 49.4 Å². The minimum Gasteiger partial charge on any atom is -0.349 e. The van der Waals surface area contributed by atoms with Gasteiger partial charge in [-0.1, -0.05) is 41.7 Å². The normalized spacial score (nSPS) is 18.7. The number of carbonyl (C=O) groups is 2. The molecule has 6 rings (SSSR count). The van der Waals surface area contributed by atoms with Crippen molar-refractivity contribution in [3.05, 3.63) is 106 Å². The first-order chi connectivity index (χ1) is 26.3. The first kappa shape index (κ1) is 40.9. The summed E-state index contributed by atoms with van der Waals surface area (Å²) in [5.74, 6) is -4.50. The molecule has 1 aromatic heterocycles. The molecular weight excluding hydrogens is 806 g/mol. The van der Waals surface area contributed by atoms with Gasteiger partial charge in [0, 0.05) is 43.2 Å². The molecule has 3 heterocycles. The van der Waals surface area contributed by atoms with Gasteiger partial charge >= 0.3 is 18.4 Å². The summed E-state index contributed by atoms with van der Waals surface area (Å²) in [7, 11) is -4.67. The van der Waals surface area contributed by atoms with Crippen LogP contribution in [0.25, 0.3) is 0 Å². The van der Waals surface area contributed by atoms with Crippen molar-refractivity contribution < 1.29 is 62.3 Å². The van der Waals surface area contributed by atoms with Crippen molar-refractivity contribution in [2.45, 2.75) is 53.5 Å². The number of sulfone groups is 1. The van der Waals surface area contributed by atoms with Crippen molar-refractivity contribution >= 4 is 38.2 Å². The number of anilines is 1. The molecule has 0 saturated carbocycles. The van der Waals surface area contributed by atoms with Gasteiger partial charge in [-0.2, -0.15) is 26.3 Å². The monoisotopic (exact) mass is 835 g/mol. The van der Waals surface area contributed by atoms with Crippen LogP contribution < -0.4 is 5.32 Å². The molecule has 0 unspecified atom stereocenters. The topological polar surface area (TPSA) is 122 Å². The Hall–Kier alpha value is -4.76. The van der Waals surface area contributed by atoms with Crippen LogP contribution in [0.1, 0.15) is 36.0 Å². The molecule has 4 aromatic rings. The molecule has 0 aliphatic carbocycles. The van der Waals surface area contributed by atoms with E-state index in [1.807, 2.05) is 0 Å². The summed E-state index contributed by atoms with van der Waals surface area (Å²) in [4.78, 5) is 28.6. The summed E-state index contributed by atoms with van der Waals surface area (Å²) in [6, 6.07) is 7.24. The summed E-state index contributed by atoms with van der Waals surface area (Å²) in [6.45, 7) is -2.40. The largest absolute Gasteiger partial charge is 0.430 e. The lowest BCUT2D eigenvalue weighted by molar-refractivity contribution is -0.392. The summed E-state index contributed by atoms with van der Waals surface area (Å²) in [6.07, 6.45) is -12.4. The molecule has 2 aliphatic heterocycles. The fourth-order valence-corrected chi connectivity index (χ4v) is 9.48. The van der Waals surface area contributed by atoms with Gasteiger partial charge in [0.15, 0.2) is 9.84 Å². The second-order valence-electron chi connectivity index (χ2n) is 13.1. The number of benzene rings is 3. The lowest BCUT2D eigenvalue weighted by atomic mass is 9.88. The second kappa shape index (κ2) is 15.3. The van der Waals surface area contributed by atoms with Gasteiger partial charge < -0.3 is 19.9 Å². The highest BCUT2D eigenvalue weighted by Gasteiger charge is 2.73. The van der Waals surface area contributed by atoms with Crippen molar-refractivity contribution in [1.82, 2.24) is 20.0 Å². The molecule has 0 spiro atoms. The van der Waals surface area contributed by atoms with Crippen LogP contribution in [0.5, 0.6) is 0 Å². The van der Waals surface area contributed by atoms with Crippen LogP contribution in [0.15, 0.2) is 77.1 Å². The molecule has 3 aromatic carbocycles. The number of hydrogen-bond donors (Lipinski definition) is 1. The predicted molar refractivity (Wildman–Crippen MR) is 181 cm³/mol. The third kappa shape index (κ3) is 7.42. The number of hydrogen-bond acceptors (Lipinski definition) is 8. The maximum absolute atomic E-state index is 14.6. The van der Waals surface area contributed by atoms with Crippen molar-refractivity contribution in [2.24, 2.45) is 5.92 Å². The van der Waals surface area contributed by atoms with Crippen molar-refractivity contribution in [3.8, 4) is 0 Å². The zero-order chi connectivity index (χ0) is 40.7. The van der Waals surface area contributed by atoms with E-state index >= 15 is 0 Å². The fourth-order valence-electron chi connectivity index (χ4n) is 6.96. The number of piperidine rings is 1. The Labute approximate surface area is 317 Å². The Morgan fingerprint density at radius 3 is 2.02 bits per heavy atom. The number of aromatic nitrogens is 2. The number of urea groups is 1. The predicted octanol–water partition coefficient (Wildman–Crippen LogP) is 7.34. The van der Waals surface area contributed by atoms with E-state index in [1.165, 1.54) is 15.3 Å². The number of amides is 3. The number of likely N-dealkylation sites (tertiary alicyclic amines) is 2. The van der Waals surface area contributed by atoms with Crippen molar-refractivity contribution in [2.75, 3.05) is 31.5 Å². The highest BCUT2D eigenvalue weighted by molar-refractivity contribution is 7.92. The summed E-state index contributed by atoms with van der Waals surface area (Å²) in [5.41, 5.74) is -6.76. The maximum Gasteiger partial charge on any atom is 0.430 e. The first-order valence-electron chi connectivity index (χ1n) is 16.7. The molecule has 0 bridgehead atoms. The molecule has 56 heavy (non-hydrogen) atoms. The zero-order valence-electron chi connectivity index (χ0n) is 28.7. The highest BCUT2D eigenvalue weighted by atomic mass is 32.2. The summed E-state index contributed by atoms with van der Waals surface area (Å²) in [5, 5.41) is 10.3. The number of nitrogens with one attached hydrogen (secondary N) is 1. The van der Waals surface area contributed by atoms with E-state index in [9.17, 15) is 57.5 Å². The van der Waals surface area contributed by atoms with Crippen molar-refractivity contribution in [1.29, 1.82) is 0 Å². The Morgan fingerprint density at radius 2 is 1.46 bits per heavy atom. The van der Waals surface area contributed by atoms with E-state index in [4.69, 9.17) is 0 Å². The Kier molecular flexibility index (Phi) is 11.2. The molecule has 0 radical (unpaired) electrons. The SMILES string of the molecule is O=C(Nc1nncs1)C1CCN(C(=O)N2CC[C@](c3ccc(C(OCc4c(F)cccc4F)(C(F)(F)F)C(F)(F)F)cc3)(S(=O)(=O)c3ccc(F)cc3)C2)CC1. The molecule has 21 heteroatoms. The van der Waals surface area contributed by atoms with Gasteiger partial charge in [0.05, 0.1) is 11.5 Å². The average Bonchev–Trinajstić information content (AvgIpc) is 3.84. The molecule has 10 nitrogen and oxygen atoms in total. The van der Waals surface area contributed by atoms with E-state index in [0.717, 1.165) is 53.8 Å². The minimum absolute atomic E-state index is 0.101. The zero-order valence-corrected chi connectivity index (χ0v) is 30.3. The van der Waals surface area contributed by atoms with Crippen LogP contribution >= 0.6 is 11.3 Å². The standard InChI is InChI=1S/C35H30F9N5O5S2/c36-24-8-10-25(11-9-24)56(52,53)32(14-17-49(19-32)31(51)48-15-12-21(13-16-48)29(50)46-30-47-45-20-55-30)22-4-6-23(7-5-22)33(34(39,40)41,35(42,43)44)54-18-26-27(37)2-1-3-28(26)38/h1-11,20-21H,12-19H2,(H,46,47,50)/t32-/m0/s1. The van der Waals surface area contributed by atoms with E-state index in [1.54, 1.807) is 0 Å². The fraction of sp³-hybridized carbons (Fsp3) is 0.371. The molecule has 1 N–H and O–H groups in total. The highest BCUT2D eigenvalue weighted by Crippen LogP contribution is 2.54. The molecule has 3 amide bonds. The summed E-state index contributed by atoms with van der Waals surface area (Å²) < 4.78 is 161. The van der Waals surface area contributed by atoms with Gasteiger partial charge in [0.1, 0.15) is 27.7 Å². The average molecular weight is 836 g/mol. The summed E-state index contributed by atoms with van der Waals surface area (Å²) >= 11 is 1.12. The Bertz CT molecular complexity index is 2130. The van der Waals surface area contributed by atoms with Crippen LogP contribution in [-0.2, 0) is 36.3 Å². The minimum atomic E-state index is -6.25. The van der Waals surface area contributed by atoms with E-state index < -0.39 is 91.1 Å².